The number of carbonyl (C=O) groups is 1. The van der Waals surface area contributed by atoms with Crippen molar-refractivity contribution >= 4 is 5.91 Å². The summed E-state index contributed by atoms with van der Waals surface area (Å²) in [5.74, 6) is 0.199. The van der Waals surface area contributed by atoms with Gasteiger partial charge in [-0.1, -0.05) is 6.07 Å². The first kappa shape index (κ1) is 13.9. The molecular weight excluding hydrogens is 240 g/mol. The maximum Gasteiger partial charge on any atom is 0.254 e. The summed E-state index contributed by atoms with van der Waals surface area (Å²) in [6, 6.07) is 5.46. The number of amides is 1. The zero-order valence-electron chi connectivity index (χ0n) is 11.4. The fourth-order valence-corrected chi connectivity index (χ4v) is 2.42. The van der Waals surface area contributed by atoms with Crippen LogP contribution in [0.1, 0.15) is 41.6 Å². The van der Waals surface area contributed by atoms with Crippen molar-refractivity contribution in [2.75, 3.05) is 13.1 Å². The maximum atomic E-state index is 12.6. The SMILES string of the molecule is Cc1c(O)cccc1C(=O)N(CCCN)C1CCC1. The van der Waals surface area contributed by atoms with Crippen LogP contribution in [0.2, 0.25) is 0 Å². The second-order valence-electron chi connectivity index (χ2n) is 5.18. The van der Waals surface area contributed by atoms with E-state index in [0.29, 0.717) is 30.3 Å². The monoisotopic (exact) mass is 262 g/mol. The Morgan fingerprint density at radius 1 is 1.47 bits per heavy atom. The van der Waals surface area contributed by atoms with Gasteiger partial charge in [0.15, 0.2) is 0 Å². The standard InChI is InChI=1S/C15H22N2O2/c1-11-13(7-3-8-14(11)18)15(19)17(10-4-9-16)12-5-2-6-12/h3,7-8,12,18H,2,4-6,9-10,16H2,1H3. The van der Waals surface area contributed by atoms with Crippen LogP contribution >= 0.6 is 0 Å². The topological polar surface area (TPSA) is 66.6 Å². The van der Waals surface area contributed by atoms with Crippen molar-refractivity contribution in [3.05, 3.63) is 29.3 Å². The second kappa shape index (κ2) is 6.06. The van der Waals surface area contributed by atoms with Gasteiger partial charge in [0.2, 0.25) is 0 Å². The summed E-state index contributed by atoms with van der Waals surface area (Å²) < 4.78 is 0. The van der Waals surface area contributed by atoms with Gasteiger partial charge in [-0.15, -0.1) is 0 Å². The molecule has 1 aliphatic rings. The summed E-state index contributed by atoms with van der Waals surface area (Å²) >= 11 is 0. The molecule has 4 heteroatoms. The first-order chi connectivity index (χ1) is 9.15. The number of phenolic OH excluding ortho intramolecular Hbond substituents is 1. The number of aromatic hydroxyl groups is 1. The van der Waals surface area contributed by atoms with E-state index in [2.05, 4.69) is 0 Å². The lowest BCUT2D eigenvalue weighted by Crippen LogP contribution is -2.45. The van der Waals surface area contributed by atoms with Crippen LogP contribution in [0.5, 0.6) is 5.75 Å². The number of hydrogen-bond acceptors (Lipinski definition) is 3. The van der Waals surface area contributed by atoms with E-state index >= 15 is 0 Å². The number of nitrogens with zero attached hydrogens (tertiary/aromatic N) is 1. The van der Waals surface area contributed by atoms with Crippen molar-refractivity contribution in [1.82, 2.24) is 4.90 Å². The molecule has 0 radical (unpaired) electrons. The molecule has 0 heterocycles. The Balaban J connectivity index is 2.20. The van der Waals surface area contributed by atoms with Crippen molar-refractivity contribution in [2.24, 2.45) is 5.73 Å². The first-order valence-corrected chi connectivity index (χ1v) is 6.94. The minimum absolute atomic E-state index is 0.0200. The van der Waals surface area contributed by atoms with Gasteiger partial charge in [0, 0.05) is 23.7 Å². The Kier molecular flexibility index (Phi) is 4.43. The van der Waals surface area contributed by atoms with Crippen molar-refractivity contribution in [1.29, 1.82) is 0 Å². The number of rotatable bonds is 5. The van der Waals surface area contributed by atoms with Gasteiger partial charge in [0.05, 0.1) is 0 Å². The van der Waals surface area contributed by atoms with E-state index < -0.39 is 0 Å². The summed E-state index contributed by atoms with van der Waals surface area (Å²) in [6.45, 7) is 3.08. The molecule has 0 unspecified atom stereocenters. The summed E-state index contributed by atoms with van der Waals surface area (Å²) in [7, 11) is 0. The molecule has 4 nitrogen and oxygen atoms in total. The Morgan fingerprint density at radius 2 is 2.21 bits per heavy atom. The quantitative estimate of drug-likeness (QED) is 0.853. The highest BCUT2D eigenvalue weighted by molar-refractivity contribution is 5.96. The molecule has 0 aromatic heterocycles. The molecule has 19 heavy (non-hydrogen) atoms. The van der Waals surface area contributed by atoms with E-state index in [-0.39, 0.29) is 11.7 Å². The zero-order valence-corrected chi connectivity index (χ0v) is 11.4. The zero-order chi connectivity index (χ0) is 13.8. The summed E-state index contributed by atoms with van der Waals surface area (Å²) in [5, 5.41) is 9.73. The molecule has 0 bridgehead atoms. The molecule has 2 rings (SSSR count). The lowest BCUT2D eigenvalue weighted by Gasteiger charge is -2.38. The summed E-state index contributed by atoms with van der Waals surface area (Å²) in [6.07, 6.45) is 4.17. The van der Waals surface area contributed by atoms with Crippen LogP contribution in [0.4, 0.5) is 0 Å². The molecule has 1 amide bonds. The maximum absolute atomic E-state index is 12.6. The second-order valence-corrected chi connectivity index (χ2v) is 5.18. The van der Waals surface area contributed by atoms with Crippen LogP contribution in [0.25, 0.3) is 0 Å². The van der Waals surface area contributed by atoms with Crippen molar-refractivity contribution in [3.63, 3.8) is 0 Å². The molecule has 0 spiro atoms. The average Bonchev–Trinajstić information content (AvgIpc) is 2.34. The van der Waals surface area contributed by atoms with Crippen LogP contribution in [0.15, 0.2) is 18.2 Å². The molecule has 1 saturated carbocycles. The lowest BCUT2D eigenvalue weighted by atomic mass is 9.90. The Hall–Kier alpha value is -1.55. The Morgan fingerprint density at radius 3 is 2.79 bits per heavy atom. The van der Waals surface area contributed by atoms with E-state index in [1.54, 1.807) is 25.1 Å². The van der Waals surface area contributed by atoms with Crippen LogP contribution in [-0.2, 0) is 0 Å². The molecule has 0 aliphatic heterocycles. The van der Waals surface area contributed by atoms with Crippen LogP contribution < -0.4 is 5.73 Å². The van der Waals surface area contributed by atoms with E-state index in [4.69, 9.17) is 5.73 Å². The number of carbonyl (C=O) groups excluding carboxylic acids is 1. The van der Waals surface area contributed by atoms with Crippen LogP contribution in [0.3, 0.4) is 0 Å². The van der Waals surface area contributed by atoms with Crippen molar-refractivity contribution in [3.8, 4) is 5.75 Å². The summed E-state index contributed by atoms with van der Waals surface area (Å²) in [5.41, 5.74) is 6.81. The third kappa shape index (κ3) is 2.89. The predicted molar refractivity (Wildman–Crippen MR) is 75.2 cm³/mol. The van der Waals surface area contributed by atoms with E-state index in [1.807, 2.05) is 4.90 Å². The Labute approximate surface area is 114 Å². The minimum Gasteiger partial charge on any atom is -0.508 e. The highest BCUT2D eigenvalue weighted by atomic mass is 16.3. The molecular formula is C15H22N2O2. The van der Waals surface area contributed by atoms with Crippen molar-refractivity contribution in [2.45, 2.75) is 38.6 Å². The fraction of sp³-hybridized carbons (Fsp3) is 0.533. The number of phenols is 1. The minimum atomic E-state index is 0.0200. The van der Waals surface area contributed by atoms with Gasteiger partial charge in [-0.05, 0) is 51.3 Å². The Bertz CT molecular complexity index is 455. The largest absolute Gasteiger partial charge is 0.508 e. The third-order valence-electron chi connectivity index (χ3n) is 3.92. The van der Waals surface area contributed by atoms with Gasteiger partial charge in [-0.2, -0.15) is 0 Å². The average molecular weight is 262 g/mol. The van der Waals surface area contributed by atoms with Gasteiger partial charge in [0.25, 0.3) is 5.91 Å². The van der Waals surface area contributed by atoms with Crippen molar-refractivity contribution < 1.29 is 9.90 Å². The predicted octanol–water partition coefficient (Wildman–Crippen LogP) is 2.04. The van der Waals surface area contributed by atoms with Gasteiger partial charge in [-0.25, -0.2) is 0 Å². The molecule has 0 saturated heterocycles. The molecule has 0 atom stereocenters. The fourth-order valence-electron chi connectivity index (χ4n) is 2.42. The number of hydrogen-bond donors (Lipinski definition) is 2. The molecule has 1 aromatic carbocycles. The molecule has 1 aliphatic carbocycles. The molecule has 1 aromatic rings. The number of benzene rings is 1. The van der Waals surface area contributed by atoms with Crippen LogP contribution in [-0.4, -0.2) is 35.0 Å². The van der Waals surface area contributed by atoms with Crippen LogP contribution in [0, 0.1) is 6.92 Å². The van der Waals surface area contributed by atoms with Gasteiger partial charge < -0.3 is 15.7 Å². The molecule has 1 fully saturated rings. The van der Waals surface area contributed by atoms with Gasteiger partial charge in [-0.3, -0.25) is 4.79 Å². The van der Waals surface area contributed by atoms with Gasteiger partial charge in [0.1, 0.15) is 5.75 Å². The van der Waals surface area contributed by atoms with E-state index in [0.717, 1.165) is 19.3 Å². The molecule has 3 N–H and O–H groups in total. The van der Waals surface area contributed by atoms with E-state index in [1.165, 1.54) is 6.42 Å². The number of nitrogens with two attached hydrogens (primary N) is 1. The highest BCUT2D eigenvalue weighted by Crippen LogP contribution is 2.28. The van der Waals surface area contributed by atoms with Gasteiger partial charge >= 0.3 is 0 Å². The van der Waals surface area contributed by atoms with E-state index in [9.17, 15) is 9.90 Å². The smallest absolute Gasteiger partial charge is 0.254 e. The highest BCUT2D eigenvalue weighted by Gasteiger charge is 2.29. The lowest BCUT2D eigenvalue weighted by molar-refractivity contribution is 0.0577. The normalized spacial score (nSPS) is 15.1. The first-order valence-electron chi connectivity index (χ1n) is 6.94. The summed E-state index contributed by atoms with van der Waals surface area (Å²) in [4.78, 5) is 14.6. The third-order valence-corrected chi connectivity index (χ3v) is 3.92. The molecule has 104 valence electrons.